The molecule has 0 bridgehead atoms. The standard InChI is InChI=1S/C55H83N17O19/c1-28-47(80)61-29(2)48(81)64-33(12-8-20-70(89)26-73)50(83)67-35(11-5-7-18-57)55(88)91-30(3)45(54(87)62-28)69-51(84)32(10-4-6-17-56)65-49(82)34(13-9-21-71(90)27-74)66-52(85)37(24-43(59)78)68-53(86)38-16-19-60-46-36(63-44(79)15-14-42(58)77)22-31-23-40(75)41(76)25-39(31)72(38)46/h22-23,25-30,32-35,37-38,45,60,75,89-90H,4-21,24,56-57H2,1-3H3,(H2,58,77)(H2,59,78)(H,61,80)(H,62,87)(H,63,79)(H,64,81)(H,65,82)(H,66,85)(H,67,83)(H,68,86)(H,69,84)/t28?,29?,30?,32?,33?,34?,35?,37?,38-,45?/m0/s1. The number of nitrogens with one attached hydrogen (secondary N) is 10. The number of rotatable bonds is 32. The van der Waals surface area contributed by atoms with Crippen molar-refractivity contribution in [3.63, 3.8) is 0 Å². The van der Waals surface area contributed by atoms with Crippen molar-refractivity contribution in [2.75, 3.05) is 43.4 Å². The second-order valence-corrected chi connectivity index (χ2v) is 21.9. The summed E-state index contributed by atoms with van der Waals surface area (Å²) in [5.41, 5.74) is 21.7. The van der Waals surface area contributed by atoms with Crippen LogP contribution in [0.25, 0.3) is 11.3 Å². The molecule has 0 aromatic rings. The number of amides is 13. The number of hydroxylamine groups is 4. The van der Waals surface area contributed by atoms with Gasteiger partial charge in [0.1, 0.15) is 66.3 Å². The van der Waals surface area contributed by atoms with Crippen LogP contribution in [0.1, 0.15) is 117 Å². The minimum atomic E-state index is -1.90. The van der Waals surface area contributed by atoms with Gasteiger partial charge in [0.05, 0.1) is 17.8 Å². The number of benzene rings is 1. The van der Waals surface area contributed by atoms with Crippen molar-refractivity contribution in [2.24, 2.45) is 22.9 Å². The number of anilines is 2. The van der Waals surface area contributed by atoms with Gasteiger partial charge in [0.25, 0.3) is 0 Å². The average molecular weight is 1290 g/mol. The van der Waals surface area contributed by atoms with Gasteiger partial charge in [0, 0.05) is 44.1 Å². The lowest BCUT2D eigenvalue weighted by Gasteiger charge is -2.34. The molecule has 4 aliphatic rings. The van der Waals surface area contributed by atoms with Crippen LogP contribution in [0.3, 0.4) is 0 Å². The van der Waals surface area contributed by atoms with Crippen LogP contribution in [0.2, 0.25) is 0 Å². The van der Waals surface area contributed by atoms with Gasteiger partial charge in [-0.2, -0.15) is 0 Å². The minimum absolute atomic E-state index is 0.0346. The van der Waals surface area contributed by atoms with Crippen molar-refractivity contribution >= 4 is 95.3 Å². The molecule has 4 rings (SSSR count). The normalized spacial score (nSPS) is 20.6. The molecule has 0 aromatic heterocycles. The number of cyclic esters (lactones) is 1. The fourth-order valence-corrected chi connectivity index (χ4v) is 9.73. The zero-order chi connectivity index (χ0) is 67.6. The van der Waals surface area contributed by atoms with E-state index in [2.05, 4.69) is 53.2 Å². The molecule has 36 nitrogen and oxygen atoms in total. The van der Waals surface area contributed by atoms with Gasteiger partial charge in [-0.15, -0.1) is 0 Å². The zero-order valence-electron chi connectivity index (χ0n) is 50.6. The van der Waals surface area contributed by atoms with Crippen LogP contribution in [0.4, 0.5) is 11.5 Å². The Balaban J connectivity index is 1.70. The van der Waals surface area contributed by atoms with E-state index in [0.717, 1.165) is 12.1 Å². The summed E-state index contributed by atoms with van der Waals surface area (Å²) in [5, 5.41) is 56.0. The molecule has 13 amide bonds. The molecule has 1 aliphatic carbocycles. The van der Waals surface area contributed by atoms with Crippen LogP contribution >= 0.6 is 0 Å². The topological polar surface area (TPSA) is 562 Å². The maximum Gasteiger partial charge on any atom is 0.328 e. The van der Waals surface area contributed by atoms with Crippen LogP contribution in [0.5, 0.6) is 5.75 Å². The molecule has 0 radical (unpaired) electrons. The molecule has 21 N–H and O–H groups in total. The molecule has 0 spiro atoms. The van der Waals surface area contributed by atoms with Gasteiger partial charge >= 0.3 is 5.97 Å². The maximum absolute atomic E-state index is 14.6. The quantitative estimate of drug-likeness (QED) is 0.0107. The van der Waals surface area contributed by atoms with E-state index in [-0.39, 0.29) is 137 Å². The minimum Gasteiger partial charge on any atom is -0.504 e. The molecule has 502 valence electrons. The smallest absolute Gasteiger partial charge is 0.328 e. The van der Waals surface area contributed by atoms with E-state index >= 15 is 0 Å². The SMILES string of the molecule is CC1NC(=O)C(C)NC(=O)C(NC(=O)C(CCCCN)NC(=O)C(CCCN(O)C=O)NC(=O)C(CC(N)=O)NC(=O)[C@@H]2CCNc3c(NC(=O)CCC(N)=O)cc4cc(O)c(=O)cc-4n32)C(C)OC(=O)C(CCCCN)NC(=O)C(CCCN(O)C=O)NC1=O. The van der Waals surface area contributed by atoms with Crippen molar-refractivity contribution in [3.05, 3.63) is 28.4 Å². The number of esters is 1. The molecular formula is C55H83N17O19. The number of pyridine rings is 1. The Labute approximate surface area is 521 Å². The number of aromatic hydroxyl groups is 1. The van der Waals surface area contributed by atoms with E-state index in [1.165, 1.54) is 31.4 Å². The molecule has 0 aromatic carbocycles. The fraction of sp³-hybridized carbons (Fsp3) is 0.582. The van der Waals surface area contributed by atoms with Crippen molar-refractivity contribution in [3.8, 4) is 17.0 Å². The summed E-state index contributed by atoms with van der Waals surface area (Å²) in [6.45, 7) is 3.36. The number of primary amides is 2. The molecule has 0 saturated carbocycles. The number of unbranched alkanes of at least 4 members (excludes halogenated alkanes) is 2. The molecule has 36 heteroatoms. The lowest BCUT2D eigenvalue weighted by molar-refractivity contribution is -0.156. The molecule has 1 saturated heterocycles. The number of hydrogen-bond donors (Lipinski definition) is 17. The number of hydrogen-bond acceptors (Lipinski definition) is 22. The molecule has 3 heterocycles. The summed E-state index contributed by atoms with van der Waals surface area (Å²) in [4.78, 5) is 200. The van der Waals surface area contributed by atoms with Crippen molar-refractivity contribution in [1.29, 1.82) is 0 Å². The van der Waals surface area contributed by atoms with Gasteiger partial charge in [0.2, 0.25) is 83.2 Å². The Bertz CT molecular complexity index is 3000. The summed E-state index contributed by atoms with van der Waals surface area (Å²) in [6, 6.07) is -10.7. The molecule has 91 heavy (non-hydrogen) atoms. The highest BCUT2D eigenvalue weighted by atomic mass is 16.5. The van der Waals surface area contributed by atoms with E-state index < -0.39 is 162 Å². The first-order chi connectivity index (χ1) is 43.1. The number of carbonyl (C=O) groups excluding carboxylic acids is 14. The fourth-order valence-electron chi connectivity index (χ4n) is 9.73. The summed E-state index contributed by atoms with van der Waals surface area (Å²) in [7, 11) is 0. The van der Waals surface area contributed by atoms with Crippen molar-refractivity contribution < 1.29 is 87.4 Å². The highest BCUT2D eigenvalue weighted by Gasteiger charge is 2.39. The van der Waals surface area contributed by atoms with Crippen LogP contribution in [-0.2, 0) is 71.9 Å². The van der Waals surface area contributed by atoms with E-state index in [4.69, 9.17) is 27.7 Å². The second-order valence-electron chi connectivity index (χ2n) is 21.9. The summed E-state index contributed by atoms with van der Waals surface area (Å²) in [5.74, 6) is -12.5. The van der Waals surface area contributed by atoms with Crippen molar-refractivity contribution in [2.45, 2.75) is 171 Å². The third-order valence-electron chi connectivity index (χ3n) is 14.7. The third kappa shape index (κ3) is 22.8. The highest BCUT2D eigenvalue weighted by Crippen LogP contribution is 2.40. The first-order valence-electron chi connectivity index (χ1n) is 29.5. The number of nitrogens with zero attached hydrogens (tertiary/aromatic N) is 3. The van der Waals surface area contributed by atoms with Crippen LogP contribution in [-0.4, -0.2) is 201 Å². The summed E-state index contributed by atoms with van der Waals surface area (Å²) < 4.78 is 7.06. The Hall–Kier alpha value is -9.55. The first-order valence-corrected chi connectivity index (χ1v) is 29.5. The average Bonchev–Trinajstić information content (AvgIpc) is 0.774. The number of phenols is 1. The van der Waals surface area contributed by atoms with E-state index in [1.54, 1.807) is 0 Å². The zero-order valence-corrected chi connectivity index (χ0v) is 50.6. The Kier molecular flexibility index (Phi) is 29.4. The number of aromatic nitrogens is 1. The van der Waals surface area contributed by atoms with Gasteiger partial charge in [0.15, 0.2) is 5.75 Å². The maximum atomic E-state index is 14.6. The van der Waals surface area contributed by atoms with Gasteiger partial charge in [-0.3, -0.25) is 77.5 Å². The van der Waals surface area contributed by atoms with Crippen LogP contribution in [0, 0.1) is 0 Å². The lowest BCUT2D eigenvalue weighted by Crippen LogP contribution is -2.62. The largest absolute Gasteiger partial charge is 0.504 e. The van der Waals surface area contributed by atoms with Gasteiger partial charge in [-0.25, -0.2) is 14.9 Å². The number of carbonyl (C=O) groups is 14. The van der Waals surface area contributed by atoms with Gasteiger partial charge < -0.3 is 90.5 Å². The highest BCUT2D eigenvalue weighted by molar-refractivity contribution is 6.01. The number of fused-ring (bicyclic) bond motifs is 3. The van der Waals surface area contributed by atoms with Crippen LogP contribution < -0.4 is 81.5 Å². The second kappa shape index (κ2) is 36.2. The molecule has 3 aliphatic heterocycles. The van der Waals surface area contributed by atoms with Gasteiger partial charge in [-0.05, 0) is 117 Å². The number of nitrogens with two attached hydrogens (primary N) is 4. The van der Waals surface area contributed by atoms with E-state index in [9.17, 15) is 87.4 Å². The molecule has 9 unspecified atom stereocenters. The molecular weight excluding hydrogens is 1200 g/mol. The Morgan fingerprint density at radius 1 is 0.681 bits per heavy atom. The number of ether oxygens (including phenoxy) is 1. The third-order valence-corrected chi connectivity index (χ3v) is 14.7. The van der Waals surface area contributed by atoms with Crippen LogP contribution in [0.15, 0.2) is 23.0 Å². The predicted molar refractivity (Wildman–Crippen MR) is 318 cm³/mol. The number of phenolic OH excluding ortho intramolecular Hbond substituents is 1. The van der Waals surface area contributed by atoms with Crippen molar-refractivity contribution in [1.82, 2.24) is 57.2 Å². The summed E-state index contributed by atoms with van der Waals surface area (Å²) >= 11 is 0. The lowest BCUT2D eigenvalue weighted by atomic mass is 10.0. The molecule has 10 atom stereocenters. The molecule has 1 fully saturated rings. The Morgan fingerprint density at radius 2 is 1.25 bits per heavy atom. The monoisotopic (exact) mass is 1290 g/mol. The van der Waals surface area contributed by atoms with E-state index in [1.807, 2.05) is 0 Å². The summed E-state index contributed by atoms with van der Waals surface area (Å²) in [6.07, 6.45) is -3.20. The van der Waals surface area contributed by atoms with Gasteiger partial charge in [-0.1, -0.05) is 0 Å². The predicted octanol–water partition coefficient (Wildman–Crippen LogP) is -5.53. The first kappa shape index (κ1) is 73.9. The van der Waals surface area contributed by atoms with E-state index in [0.29, 0.717) is 11.5 Å². The Morgan fingerprint density at radius 3 is 1.88 bits per heavy atom.